The van der Waals surface area contributed by atoms with Crippen molar-refractivity contribution in [1.29, 1.82) is 0 Å². The van der Waals surface area contributed by atoms with Gasteiger partial charge in [-0.15, -0.1) is 0 Å². The molecule has 2 unspecified atom stereocenters. The van der Waals surface area contributed by atoms with Crippen molar-refractivity contribution in [3.8, 4) is 0 Å². The zero-order chi connectivity index (χ0) is 11.0. The van der Waals surface area contributed by atoms with Crippen LogP contribution in [0.15, 0.2) is 36.5 Å². The van der Waals surface area contributed by atoms with Gasteiger partial charge in [-0.25, -0.2) is 0 Å². The van der Waals surface area contributed by atoms with Gasteiger partial charge in [0.25, 0.3) is 0 Å². The van der Waals surface area contributed by atoms with Gasteiger partial charge in [0.05, 0.1) is 5.52 Å². The van der Waals surface area contributed by atoms with E-state index in [1.165, 1.54) is 17.4 Å². The Balaban J connectivity index is 1.89. The molecule has 1 fully saturated rings. The highest BCUT2D eigenvalue weighted by molar-refractivity contribution is 5.79. The summed E-state index contributed by atoms with van der Waals surface area (Å²) in [6.07, 6.45) is 3.18. The van der Waals surface area contributed by atoms with Crippen molar-refractivity contribution in [3.05, 3.63) is 42.1 Å². The van der Waals surface area contributed by atoms with E-state index in [2.05, 4.69) is 34.6 Å². The number of nitrogens with one attached hydrogen (secondary N) is 1. The average Bonchev–Trinajstić information content (AvgIpc) is 3.08. The highest BCUT2D eigenvalue weighted by atomic mass is 14.8. The highest BCUT2D eigenvalue weighted by Crippen LogP contribution is 2.47. The van der Waals surface area contributed by atoms with Crippen LogP contribution >= 0.6 is 0 Å². The molecule has 16 heavy (non-hydrogen) atoms. The zero-order valence-corrected chi connectivity index (χ0v) is 9.48. The summed E-state index contributed by atoms with van der Waals surface area (Å²) in [6, 6.07) is 10.8. The molecule has 2 aromatic rings. The lowest BCUT2D eigenvalue weighted by molar-refractivity contribution is 0.698. The summed E-state index contributed by atoms with van der Waals surface area (Å²) in [4.78, 5) is 4.35. The Hall–Kier alpha value is -1.41. The molecular formula is C14H16N2. The van der Waals surface area contributed by atoms with E-state index in [1.54, 1.807) is 0 Å². The number of hydrogen-bond donors (Lipinski definition) is 1. The van der Waals surface area contributed by atoms with Crippen LogP contribution in [0.1, 0.15) is 17.9 Å². The van der Waals surface area contributed by atoms with Crippen LogP contribution in [0, 0.1) is 5.92 Å². The van der Waals surface area contributed by atoms with Crippen LogP contribution in [0.5, 0.6) is 0 Å². The topological polar surface area (TPSA) is 24.9 Å². The van der Waals surface area contributed by atoms with Gasteiger partial charge in [-0.1, -0.05) is 12.1 Å². The van der Waals surface area contributed by atoms with Crippen molar-refractivity contribution >= 4 is 10.9 Å². The molecule has 1 aromatic carbocycles. The van der Waals surface area contributed by atoms with Gasteiger partial charge in [-0.05, 0) is 55.6 Å². The number of fused-ring (bicyclic) bond motifs is 1. The van der Waals surface area contributed by atoms with Crippen molar-refractivity contribution in [3.63, 3.8) is 0 Å². The van der Waals surface area contributed by atoms with Crippen LogP contribution in [-0.4, -0.2) is 18.6 Å². The van der Waals surface area contributed by atoms with Crippen molar-refractivity contribution in [1.82, 2.24) is 10.3 Å². The molecule has 0 radical (unpaired) electrons. The predicted octanol–water partition coefficient (Wildman–Crippen LogP) is 2.56. The number of benzene rings is 1. The van der Waals surface area contributed by atoms with Crippen molar-refractivity contribution in [2.45, 2.75) is 12.3 Å². The minimum atomic E-state index is 0.761. The Morgan fingerprint density at radius 1 is 1.38 bits per heavy atom. The van der Waals surface area contributed by atoms with Crippen molar-refractivity contribution < 1.29 is 0 Å². The molecule has 3 rings (SSSR count). The summed E-state index contributed by atoms with van der Waals surface area (Å²) in [5, 5.41) is 4.51. The summed E-state index contributed by atoms with van der Waals surface area (Å²) in [6.45, 7) is 1.13. The zero-order valence-electron chi connectivity index (χ0n) is 9.48. The standard InChI is InChI=1S/C14H16N2/c1-15-9-12-8-13(12)10-4-5-14-11(7-10)3-2-6-16-14/h2-7,12-13,15H,8-9H2,1H3. The van der Waals surface area contributed by atoms with Crippen molar-refractivity contribution in [2.24, 2.45) is 5.92 Å². The lowest BCUT2D eigenvalue weighted by Gasteiger charge is -2.02. The molecule has 0 saturated heterocycles. The predicted molar refractivity (Wildman–Crippen MR) is 66.5 cm³/mol. The Kier molecular flexibility index (Phi) is 2.37. The van der Waals surface area contributed by atoms with E-state index >= 15 is 0 Å². The molecule has 1 aliphatic carbocycles. The molecule has 1 saturated carbocycles. The molecule has 2 heteroatoms. The quantitative estimate of drug-likeness (QED) is 0.845. The molecule has 0 amide bonds. The highest BCUT2D eigenvalue weighted by Gasteiger charge is 2.37. The lowest BCUT2D eigenvalue weighted by atomic mass is 10.1. The molecule has 82 valence electrons. The largest absolute Gasteiger partial charge is 0.319 e. The summed E-state index contributed by atoms with van der Waals surface area (Å²) in [5.41, 5.74) is 2.57. The molecular weight excluding hydrogens is 196 g/mol. The Bertz CT molecular complexity index is 507. The first kappa shape index (κ1) is 9.79. The van der Waals surface area contributed by atoms with Gasteiger partial charge in [0, 0.05) is 11.6 Å². The molecule has 2 nitrogen and oxygen atoms in total. The van der Waals surface area contributed by atoms with Gasteiger partial charge in [-0.2, -0.15) is 0 Å². The minimum absolute atomic E-state index is 0.761. The molecule has 0 bridgehead atoms. The van der Waals surface area contributed by atoms with Crippen LogP contribution in [0.4, 0.5) is 0 Å². The maximum absolute atomic E-state index is 4.35. The van der Waals surface area contributed by atoms with E-state index in [9.17, 15) is 0 Å². The summed E-state index contributed by atoms with van der Waals surface area (Å²) in [7, 11) is 2.03. The Morgan fingerprint density at radius 3 is 3.19 bits per heavy atom. The van der Waals surface area contributed by atoms with Crippen molar-refractivity contribution in [2.75, 3.05) is 13.6 Å². The van der Waals surface area contributed by atoms with Gasteiger partial charge >= 0.3 is 0 Å². The molecule has 1 heterocycles. The third-order valence-corrected chi connectivity index (χ3v) is 3.44. The smallest absolute Gasteiger partial charge is 0.0702 e. The van der Waals surface area contributed by atoms with E-state index in [-0.39, 0.29) is 0 Å². The van der Waals surface area contributed by atoms with Crippen LogP contribution < -0.4 is 5.32 Å². The summed E-state index contributed by atoms with van der Waals surface area (Å²) < 4.78 is 0. The average molecular weight is 212 g/mol. The molecule has 0 aliphatic heterocycles. The van der Waals surface area contributed by atoms with E-state index in [4.69, 9.17) is 0 Å². The van der Waals surface area contributed by atoms with Gasteiger partial charge in [0.1, 0.15) is 0 Å². The number of pyridine rings is 1. The fourth-order valence-corrected chi connectivity index (χ4v) is 2.47. The number of nitrogens with zero attached hydrogens (tertiary/aromatic N) is 1. The normalized spacial score (nSPS) is 23.6. The fraction of sp³-hybridized carbons (Fsp3) is 0.357. The third kappa shape index (κ3) is 1.69. The number of aromatic nitrogens is 1. The first-order chi connectivity index (χ1) is 7.88. The van der Waals surface area contributed by atoms with Crippen LogP contribution in [-0.2, 0) is 0 Å². The van der Waals surface area contributed by atoms with Gasteiger partial charge in [0.15, 0.2) is 0 Å². The SMILES string of the molecule is CNCC1CC1c1ccc2ncccc2c1. The summed E-state index contributed by atoms with van der Waals surface area (Å²) >= 11 is 0. The van der Waals surface area contributed by atoms with Crippen LogP contribution in [0.3, 0.4) is 0 Å². The van der Waals surface area contributed by atoms with E-state index in [0.717, 1.165) is 23.9 Å². The van der Waals surface area contributed by atoms with Gasteiger partial charge in [0.2, 0.25) is 0 Å². The fourth-order valence-electron chi connectivity index (χ4n) is 2.47. The first-order valence-corrected chi connectivity index (χ1v) is 5.88. The number of rotatable bonds is 3. The van der Waals surface area contributed by atoms with Gasteiger partial charge in [-0.3, -0.25) is 4.98 Å². The second-order valence-electron chi connectivity index (χ2n) is 4.62. The van der Waals surface area contributed by atoms with E-state index in [1.807, 2.05) is 19.3 Å². The second-order valence-corrected chi connectivity index (χ2v) is 4.62. The Labute approximate surface area is 95.7 Å². The monoisotopic (exact) mass is 212 g/mol. The second kappa shape index (κ2) is 3.87. The number of hydrogen-bond acceptors (Lipinski definition) is 2. The molecule has 2 atom stereocenters. The van der Waals surface area contributed by atoms with Gasteiger partial charge < -0.3 is 5.32 Å². The van der Waals surface area contributed by atoms with Crippen LogP contribution in [0.2, 0.25) is 0 Å². The lowest BCUT2D eigenvalue weighted by Crippen LogP contribution is -2.10. The van der Waals surface area contributed by atoms with E-state index in [0.29, 0.717) is 0 Å². The third-order valence-electron chi connectivity index (χ3n) is 3.44. The summed E-state index contributed by atoms with van der Waals surface area (Å²) in [5.74, 6) is 1.59. The maximum Gasteiger partial charge on any atom is 0.0702 e. The Morgan fingerprint density at radius 2 is 2.31 bits per heavy atom. The molecule has 1 aromatic heterocycles. The first-order valence-electron chi connectivity index (χ1n) is 5.88. The maximum atomic E-state index is 4.35. The van der Waals surface area contributed by atoms with E-state index < -0.39 is 0 Å². The minimum Gasteiger partial charge on any atom is -0.319 e. The molecule has 0 spiro atoms. The van der Waals surface area contributed by atoms with Crippen LogP contribution in [0.25, 0.3) is 10.9 Å². The molecule has 1 N–H and O–H groups in total. The molecule has 1 aliphatic rings.